The van der Waals surface area contributed by atoms with Crippen molar-refractivity contribution in [1.82, 2.24) is 15.3 Å². The summed E-state index contributed by atoms with van der Waals surface area (Å²) in [6.45, 7) is 5.39. The lowest BCUT2D eigenvalue weighted by Crippen LogP contribution is -2.52. The molecule has 1 aromatic heterocycles. The third kappa shape index (κ3) is 3.30. The van der Waals surface area contributed by atoms with Crippen LogP contribution in [0.5, 0.6) is 0 Å². The van der Waals surface area contributed by atoms with Crippen LogP contribution >= 0.6 is 0 Å². The summed E-state index contributed by atoms with van der Waals surface area (Å²) in [6, 6.07) is 5.63. The Morgan fingerprint density at radius 1 is 1.58 bits per heavy atom. The van der Waals surface area contributed by atoms with E-state index in [4.69, 9.17) is 5.84 Å². The standard InChI is InChI=1S/C14H22N4O/c1-11(12-6-3-4-8-16-12)17-13(19)14(2)7-5-9-18(15)10-14/h3-4,6,8,11H,5,7,9-10,15H2,1-2H3,(H,17,19)/t11-,14?/m1/s1. The monoisotopic (exact) mass is 262 g/mol. The SMILES string of the molecule is C[C@@H](NC(=O)C1(C)CCCN(N)C1)c1ccccn1. The van der Waals surface area contributed by atoms with Crippen LogP contribution < -0.4 is 11.2 Å². The van der Waals surface area contributed by atoms with Crippen LogP contribution in [0.15, 0.2) is 24.4 Å². The zero-order valence-electron chi connectivity index (χ0n) is 11.6. The molecule has 0 saturated carbocycles. The minimum atomic E-state index is -0.407. The summed E-state index contributed by atoms with van der Waals surface area (Å²) in [4.78, 5) is 16.7. The molecule has 104 valence electrons. The van der Waals surface area contributed by atoms with Crippen molar-refractivity contribution >= 4 is 5.91 Å². The first kappa shape index (κ1) is 14.0. The van der Waals surface area contributed by atoms with E-state index in [9.17, 15) is 4.79 Å². The highest BCUT2D eigenvalue weighted by Gasteiger charge is 2.37. The fraction of sp³-hybridized carbons (Fsp3) is 0.571. The number of hydrogen-bond acceptors (Lipinski definition) is 4. The van der Waals surface area contributed by atoms with E-state index in [1.165, 1.54) is 0 Å². The van der Waals surface area contributed by atoms with Gasteiger partial charge in [-0.05, 0) is 38.8 Å². The van der Waals surface area contributed by atoms with Gasteiger partial charge in [0.25, 0.3) is 0 Å². The van der Waals surface area contributed by atoms with Crippen molar-refractivity contribution in [3.63, 3.8) is 0 Å². The summed E-state index contributed by atoms with van der Waals surface area (Å²) in [6.07, 6.45) is 3.57. The van der Waals surface area contributed by atoms with Crippen LogP contribution in [-0.2, 0) is 4.79 Å². The van der Waals surface area contributed by atoms with E-state index in [1.807, 2.05) is 32.0 Å². The molecule has 1 aliphatic heterocycles. The molecular weight excluding hydrogens is 240 g/mol. The number of nitrogens with one attached hydrogen (secondary N) is 1. The minimum Gasteiger partial charge on any atom is -0.347 e. The lowest BCUT2D eigenvalue weighted by Gasteiger charge is -2.37. The third-order valence-electron chi connectivity index (χ3n) is 3.75. The van der Waals surface area contributed by atoms with Gasteiger partial charge in [0.05, 0.1) is 17.2 Å². The van der Waals surface area contributed by atoms with Crippen LogP contribution in [0.25, 0.3) is 0 Å². The molecular formula is C14H22N4O. The molecule has 2 heterocycles. The fourth-order valence-electron chi connectivity index (χ4n) is 2.54. The molecule has 0 aliphatic carbocycles. The number of rotatable bonds is 3. The van der Waals surface area contributed by atoms with Gasteiger partial charge in [0.2, 0.25) is 5.91 Å². The Bertz CT molecular complexity index is 436. The third-order valence-corrected chi connectivity index (χ3v) is 3.75. The van der Waals surface area contributed by atoms with E-state index >= 15 is 0 Å². The van der Waals surface area contributed by atoms with E-state index in [0.29, 0.717) is 6.54 Å². The van der Waals surface area contributed by atoms with Gasteiger partial charge in [0, 0.05) is 19.3 Å². The molecule has 19 heavy (non-hydrogen) atoms. The van der Waals surface area contributed by atoms with Gasteiger partial charge < -0.3 is 5.32 Å². The average molecular weight is 262 g/mol. The fourth-order valence-corrected chi connectivity index (χ4v) is 2.54. The highest BCUT2D eigenvalue weighted by Crippen LogP contribution is 2.29. The molecule has 0 aromatic carbocycles. The molecule has 5 nitrogen and oxygen atoms in total. The first-order valence-corrected chi connectivity index (χ1v) is 6.73. The molecule has 1 unspecified atom stereocenters. The Kier molecular flexibility index (Phi) is 4.17. The Hall–Kier alpha value is -1.46. The number of piperidine rings is 1. The molecule has 1 aromatic rings. The smallest absolute Gasteiger partial charge is 0.227 e. The summed E-state index contributed by atoms with van der Waals surface area (Å²) in [5, 5.41) is 4.77. The first-order chi connectivity index (χ1) is 9.01. The van der Waals surface area contributed by atoms with Crippen molar-refractivity contribution in [2.24, 2.45) is 11.3 Å². The molecule has 2 atom stereocenters. The van der Waals surface area contributed by atoms with Crippen molar-refractivity contribution in [2.45, 2.75) is 32.7 Å². The van der Waals surface area contributed by atoms with Gasteiger partial charge in [-0.25, -0.2) is 5.01 Å². The summed E-state index contributed by atoms with van der Waals surface area (Å²) in [5.74, 6) is 5.89. The number of nitrogens with two attached hydrogens (primary N) is 1. The number of hydrazine groups is 1. The molecule has 3 N–H and O–H groups in total. The average Bonchev–Trinajstić information content (AvgIpc) is 2.39. The van der Waals surface area contributed by atoms with Crippen LogP contribution in [0.4, 0.5) is 0 Å². The quantitative estimate of drug-likeness (QED) is 0.804. The molecule has 0 spiro atoms. The zero-order valence-corrected chi connectivity index (χ0v) is 11.6. The van der Waals surface area contributed by atoms with Gasteiger partial charge in [-0.1, -0.05) is 6.07 Å². The van der Waals surface area contributed by atoms with Crippen LogP contribution in [0.1, 0.15) is 38.4 Å². The number of carbonyl (C=O) groups excluding carboxylic acids is 1. The lowest BCUT2D eigenvalue weighted by atomic mass is 9.81. The number of pyridine rings is 1. The van der Waals surface area contributed by atoms with E-state index in [-0.39, 0.29) is 11.9 Å². The van der Waals surface area contributed by atoms with E-state index in [1.54, 1.807) is 11.2 Å². The predicted octanol–water partition coefficient (Wildman–Crippen LogP) is 1.23. The van der Waals surface area contributed by atoms with Gasteiger partial charge in [0.1, 0.15) is 0 Å². The van der Waals surface area contributed by atoms with E-state index in [0.717, 1.165) is 25.1 Å². The molecule has 2 rings (SSSR count). The lowest BCUT2D eigenvalue weighted by molar-refractivity contribution is -0.134. The van der Waals surface area contributed by atoms with Crippen LogP contribution in [0, 0.1) is 5.41 Å². The zero-order chi connectivity index (χ0) is 13.9. The van der Waals surface area contributed by atoms with E-state index in [2.05, 4.69) is 10.3 Å². The number of amides is 1. The Labute approximate surface area is 114 Å². The minimum absolute atomic E-state index is 0.0563. The maximum absolute atomic E-state index is 12.4. The van der Waals surface area contributed by atoms with Crippen molar-refractivity contribution < 1.29 is 4.79 Å². The molecule has 1 aliphatic rings. The summed E-state index contributed by atoms with van der Waals surface area (Å²) < 4.78 is 0. The van der Waals surface area contributed by atoms with Gasteiger partial charge >= 0.3 is 0 Å². The van der Waals surface area contributed by atoms with Crippen LogP contribution in [0.2, 0.25) is 0 Å². The second-order valence-electron chi connectivity index (χ2n) is 5.58. The highest BCUT2D eigenvalue weighted by atomic mass is 16.2. The first-order valence-electron chi connectivity index (χ1n) is 6.73. The second kappa shape index (κ2) is 5.67. The van der Waals surface area contributed by atoms with Gasteiger partial charge in [0.15, 0.2) is 0 Å². The summed E-state index contributed by atoms with van der Waals surface area (Å²) >= 11 is 0. The van der Waals surface area contributed by atoms with E-state index < -0.39 is 5.41 Å². The van der Waals surface area contributed by atoms with Gasteiger partial charge in [-0.15, -0.1) is 0 Å². The normalized spacial score (nSPS) is 25.8. The van der Waals surface area contributed by atoms with Crippen molar-refractivity contribution in [1.29, 1.82) is 0 Å². The maximum Gasteiger partial charge on any atom is 0.227 e. The van der Waals surface area contributed by atoms with Crippen molar-refractivity contribution in [3.8, 4) is 0 Å². The maximum atomic E-state index is 12.4. The molecule has 1 amide bonds. The predicted molar refractivity (Wildman–Crippen MR) is 73.9 cm³/mol. The molecule has 1 saturated heterocycles. The largest absolute Gasteiger partial charge is 0.347 e. The Morgan fingerprint density at radius 3 is 3.00 bits per heavy atom. The van der Waals surface area contributed by atoms with Gasteiger partial charge in [-0.2, -0.15) is 0 Å². The number of aromatic nitrogens is 1. The summed E-state index contributed by atoms with van der Waals surface area (Å²) in [5.41, 5.74) is 0.468. The topological polar surface area (TPSA) is 71.2 Å². The molecule has 1 fully saturated rings. The number of nitrogens with zero attached hydrogens (tertiary/aromatic N) is 2. The summed E-state index contributed by atoms with van der Waals surface area (Å²) in [7, 11) is 0. The van der Waals surface area contributed by atoms with Crippen LogP contribution in [-0.4, -0.2) is 29.0 Å². The Balaban J connectivity index is 2.00. The van der Waals surface area contributed by atoms with Crippen molar-refractivity contribution in [3.05, 3.63) is 30.1 Å². The molecule has 5 heteroatoms. The van der Waals surface area contributed by atoms with Gasteiger partial charge in [-0.3, -0.25) is 15.6 Å². The Morgan fingerprint density at radius 2 is 2.37 bits per heavy atom. The van der Waals surface area contributed by atoms with Crippen molar-refractivity contribution in [2.75, 3.05) is 13.1 Å². The molecule has 0 radical (unpaired) electrons. The second-order valence-corrected chi connectivity index (χ2v) is 5.58. The highest BCUT2D eigenvalue weighted by molar-refractivity contribution is 5.82. The van der Waals surface area contributed by atoms with Crippen LogP contribution in [0.3, 0.4) is 0 Å². The molecule has 0 bridgehead atoms. The number of hydrogen-bond donors (Lipinski definition) is 2. The number of carbonyl (C=O) groups is 1.